The number of rotatable bonds is 8. The molecule has 0 N–H and O–H groups in total. The lowest BCUT2D eigenvalue weighted by molar-refractivity contribution is -0.183. The van der Waals surface area contributed by atoms with Gasteiger partial charge >= 0.3 is 5.97 Å². The molecule has 1 saturated heterocycles. The lowest BCUT2D eigenvalue weighted by atomic mass is 9.59. The number of hydrogen-bond acceptors (Lipinski definition) is 4. The summed E-state index contributed by atoms with van der Waals surface area (Å²) in [5.74, 6) is -0.0885. The molecule has 2 aliphatic rings. The molecule has 2 fully saturated rings. The van der Waals surface area contributed by atoms with E-state index >= 15 is 0 Å². The fourth-order valence-corrected chi connectivity index (χ4v) is 4.70. The minimum Gasteiger partial charge on any atom is -0.466 e. The highest BCUT2D eigenvalue weighted by atomic mass is 16.5. The Balaban J connectivity index is 1.40. The summed E-state index contributed by atoms with van der Waals surface area (Å²) in [6, 6.07) is 20.0. The maximum Gasteiger partial charge on any atom is 0.312 e. The van der Waals surface area contributed by atoms with Crippen molar-refractivity contribution in [3.8, 4) is 0 Å². The molecule has 1 unspecified atom stereocenters. The largest absolute Gasteiger partial charge is 0.466 e. The van der Waals surface area contributed by atoms with Crippen molar-refractivity contribution in [1.29, 1.82) is 0 Å². The molecule has 0 spiro atoms. The molecular weight excluding hydrogens is 378 g/mol. The van der Waals surface area contributed by atoms with Gasteiger partial charge in [-0.15, -0.1) is 0 Å². The Morgan fingerprint density at radius 3 is 2.30 bits per heavy atom. The van der Waals surface area contributed by atoms with E-state index in [4.69, 9.17) is 9.47 Å². The van der Waals surface area contributed by atoms with Crippen LogP contribution in [0.1, 0.15) is 37.3 Å². The van der Waals surface area contributed by atoms with Gasteiger partial charge in [-0.3, -0.25) is 9.59 Å². The maximum atomic E-state index is 12.9. The summed E-state index contributed by atoms with van der Waals surface area (Å²) in [5, 5.41) is 0. The molecule has 0 radical (unpaired) electrons. The van der Waals surface area contributed by atoms with Crippen molar-refractivity contribution in [3.05, 3.63) is 71.8 Å². The van der Waals surface area contributed by atoms with E-state index in [2.05, 4.69) is 0 Å². The molecule has 5 heteroatoms. The first kappa shape index (κ1) is 20.6. The third-order valence-corrected chi connectivity index (χ3v) is 6.41. The Morgan fingerprint density at radius 1 is 1.03 bits per heavy atom. The van der Waals surface area contributed by atoms with Crippen molar-refractivity contribution in [2.45, 2.75) is 45.4 Å². The van der Waals surface area contributed by atoms with Crippen LogP contribution in [-0.2, 0) is 32.2 Å². The van der Waals surface area contributed by atoms with E-state index in [1.165, 1.54) is 0 Å². The zero-order valence-electron chi connectivity index (χ0n) is 17.5. The standard InChI is InChI=1S/C25H29NO4/c1-2-29-24(28)25(14-22(15-25)30-18-20-11-7-4-8-12-20)21-13-23(27)26(17-21)16-19-9-5-3-6-10-19/h3-12,21-22H,2,13-18H2,1H3. The van der Waals surface area contributed by atoms with Crippen LogP contribution >= 0.6 is 0 Å². The van der Waals surface area contributed by atoms with E-state index in [-0.39, 0.29) is 23.9 Å². The average Bonchev–Trinajstić information content (AvgIpc) is 3.09. The predicted molar refractivity (Wildman–Crippen MR) is 113 cm³/mol. The van der Waals surface area contributed by atoms with E-state index in [1.54, 1.807) is 0 Å². The van der Waals surface area contributed by atoms with Crippen molar-refractivity contribution < 1.29 is 19.1 Å². The van der Waals surface area contributed by atoms with Crippen molar-refractivity contribution in [3.63, 3.8) is 0 Å². The van der Waals surface area contributed by atoms with Crippen molar-refractivity contribution in [2.75, 3.05) is 13.2 Å². The summed E-state index contributed by atoms with van der Waals surface area (Å²) in [5.41, 5.74) is 1.61. The Bertz CT molecular complexity index is 861. The number of ether oxygens (including phenoxy) is 2. The molecule has 2 aromatic carbocycles. The summed E-state index contributed by atoms with van der Waals surface area (Å²) in [4.78, 5) is 27.5. The van der Waals surface area contributed by atoms with Crippen LogP contribution in [-0.4, -0.2) is 36.0 Å². The zero-order chi connectivity index (χ0) is 21.0. The predicted octanol–water partition coefficient (Wildman–Crippen LogP) is 3.96. The smallest absolute Gasteiger partial charge is 0.312 e. The Labute approximate surface area is 178 Å². The molecular formula is C25H29NO4. The first-order chi connectivity index (χ1) is 14.6. The number of nitrogens with zero attached hydrogens (tertiary/aromatic N) is 1. The van der Waals surface area contributed by atoms with Gasteiger partial charge in [-0.2, -0.15) is 0 Å². The van der Waals surface area contributed by atoms with Crippen LogP contribution in [0.3, 0.4) is 0 Å². The van der Waals surface area contributed by atoms with Crippen LogP contribution in [0.5, 0.6) is 0 Å². The zero-order valence-corrected chi connectivity index (χ0v) is 17.5. The van der Waals surface area contributed by atoms with Gasteiger partial charge in [0.2, 0.25) is 5.91 Å². The number of carbonyl (C=O) groups is 2. The minimum atomic E-state index is -0.613. The molecule has 0 bridgehead atoms. The average molecular weight is 408 g/mol. The molecule has 1 saturated carbocycles. The second-order valence-electron chi connectivity index (χ2n) is 8.36. The van der Waals surface area contributed by atoms with Crippen LogP contribution in [0.2, 0.25) is 0 Å². The topological polar surface area (TPSA) is 55.8 Å². The van der Waals surface area contributed by atoms with Gasteiger partial charge in [0, 0.05) is 25.4 Å². The summed E-state index contributed by atoms with van der Waals surface area (Å²) in [7, 11) is 0. The Kier molecular flexibility index (Phi) is 6.18. The lowest BCUT2D eigenvalue weighted by Crippen LogP contribution is -2.54. The van der Waals surface area contributed by atoms with Gasteiger partial charge in [-0.25, -0.2) is 0 Å². The molecule has 1 amide bonds. The fourth-order valence-electron chi connectivity index (χ4n) is 4.70. The lowest BCUT2D eigenvalue weighted by Gasteiger charge is -2.48. The number of amides is 1. The molecule has 1 aliphatic heterocycles. The van der Waals surface area contributed by atoms with Crippen molar-refractivity contribution >= 4 is 11.9 Å². The van der Waals surface area contributed by atoms with E-state index in [1.807, 2.05) is 72.5 Å². The number of carbonyl (C=O) groups excluding carboxylic acids is 2. The third-order valence-electron chi connectivity index (χ3n) is 6.41. The maximum absolute atomic E-state index is 12.9. The first-order valence-corrected chi connectivity index (χ1v) is 10.7. The number of hydrogen-bond donors (Lipinski definition) is 0. The molecule has 5 nitrogen and oxygen atoms in total. The number of benzene rings is 2. The Hall–Kier alpha value is -2.66. The van der Waals surface area contributed by atoms with Gasteiger partial charge in [0.25, 0.3) is 0 Å². The molecule has 4 rings (SSSR count). The highest BCUT2D eigenvalue weighted by Crippen LogP contribution is 2.53. The van der Waals surface area contributed by atoms with Crippen LogP contribution in [0.15, 0.2) is 60.7 Å². The molecule has 2 aromatic rings. The second kappa shape index (κ2) is 9.00. The first-order valence-electron chi connectivity index (χ1n) is 10.7. The molecule has 158 valence electrons. The monoisotopic (exact) mass is 407 g/mol. The van der Waals surface area contributed by atoms with E-state index in [0.717, 1.165) is 11.1 Å². The number of likely N-dealkylation sites (tertiary alicyclic amines) is 1. The molecule has 0 aromatic heterocycles. The molecule has 1 aliphatic carbocycles. The molecule has 1 heterocycles. The van der Waals surface area contributed by atoms with Gasteiger partial charge in [0.15, 0.2) is 0 Å². The van der Waals surface area contributed by atoms with Gasteiger partial charge < -0.3 is 14.4 Å². The fraction of sp³-hybridized carbons (Fsp3) is 0.440. The van der Waals surface area contributed by atoms with Gasteiger partial charge in [0.1, 0.15) is 0 Å². The SMILES string of the molecule is CCOC(=O)C1(C2CC(=O)N(Cc3ccccc3)C2)CC(OCc2ccccc2)C1. The van der Waals surface area contributed by atoms with Crippen LogP contribution in [0, 0.1) is 11.3 Å². The van der Waals surface area contributed by atoms with E-state index in [0.29, 0.717) is 45.6 Å². The van der Waals surface area contributed by atoms with Crippen LogP contribution in [0.4, 0.5) is 0 Å². The summed E-state index contributed by atoms with van der Waals surface area (Å²) >= 11 is 0. The third kappa shape index (κ3) is 4.26. The van der Waals surface area contributed by atoms with Crippen molar-refractivity contribution in [2.24, 2.45) is 11.3 Å². The molecule has 1 atom stereocenters. The summed E-state index contributed by atoms with van der Waals surface area (Å²) in [6.07, 6.45) is 1.66. The van der Waals surface area contributed by atoms with E-state index in [9.17, 15) is 9.59 Å². The second-order valence-corrected chi connectivity index (χ2v) is 8.36. The summed E-state index contributed by atoms with van der Waals surface area (Å²) in [6.45, 7) is 3.90. The van der Waals surface area contributed by atoms with Crippen LogP contribution in [0.25, 0.3) is 0 Å². The van der Waals surface area contributed by atoms with Gasteiger partial charge in [-0.1, -0.05) is 60.7 Å². The van der Waals surface area contributed by atoms with Gasteiger partial charge in [0.05, 0.1) is 24.7 Å². The highest BCUT2D eigenvalue weighted by molar-refractivity contribution is 5.83. The highest BCUT2D eigenvalue weighted by Gasteiger charge is 2.59. The molecule has 30 heavy (non-hydrogen) atoms. The quantitative estimate of drug-likeness (QED) is 0.622. The normalized spacial score (nSPS) is 25.8. The minimum absolute atomic E-state index is 0.0212. The van der Waals surface area contributed by atoms with Crippen molar-refractivity contribution in [1.82, 2.24) is 4.90 Å². The van der Waals surface area contributed by atoms with Crippen LogP contribution < -0.4 is 0 Å². The van der Waals surface area contributed by atoms with Gasteiger partial charge in [-0.05, 0) is 30.9 Å². The number of esters is 1. The van der Waals surface area contributed by atoms with E-state index < -0.39 is 5.41 Å². The summed E-state index contributed by atoms with van der Waals surface area (Å²) < 4.78 is 11.5. The Morgan fingerprint density at radius 2 is 1.67 bits per heavy atom.